The van der Waals surface area contributed by atoms with Gasteiger partial charge in [0.05, 0.1) is 30.4 Å². The van der Waals surface area contributed by atoms with E-state index in [1.54, 1.807) is 12.0 Å². The van der Waals surface area contributed by atoms with Gasteiger partial charge in [0.2, 0.25) is 5.91 Å². The van der Waals surface area contributed by atoms with Crippen molar-refractivity contribution in [3.05, 3.63) is 88.9 Å². The number of halogens is 1. The van der Waals surface area contributed by atoms with E-state index >= 15 is 0 Å². The fourth-order valence-corrected chi connectivity index (χ4v) is 5.40. The third kappa shape index (κ3) is 4.37. The zero-order chi connectivity index (χ0) is 24.5. The highest BCUT2D eigenvalue weighted by molar-refractivity contribution is 6.30. The molecule has 3 aromatic carbocycles. The second-order valence-corrected chi connectivity index (χ2v) is 9.46. The number of methoxy groups -OCH3 is 1. The second-order valence-electron chi connectivity index (χ2n) is 9.03. The second kappa shape index (κ2) is 9.67. The Kier molecular flexibility index (Phi) is 6.44. The molecule has 0 radical (unpaired) electrons. The molecule has 0 saturated heterocycles. The third-order valence-electron chi connectivity index (χ3n) is 6.98. The number of amides is 1. The molecule has 0 N–H and O–H groups in total. The molecule has 1 aliphatic carbocycles. The van der Waals surface area contributed by atoms with Gasteiger partial charge in [0.15, 0.2) is 0 Å². The van der Waals surface area contributed by atoms with E-state index in [9.17, 15) is 9.59 Å². The fourth-order valence-electron chi connectivity index (χ4n) is 5.27. The van der Waals surface area contributed by atoms with E-state index in [-0.39, 0.29) is 17.6 Å². The van der Waals surface area contributed by atoms with Crippen molar-refractivity contribution in [2.45, 2.75) is 38.1 Å². The molecule has 35 heavy (non-hydrogen) atoms. The van der Waals surface area contributed by atoms with Crippen LogP contribution in [0, 0.1) is 5.92 Å². The Hall–Kier alpha value is -3.44. The molecule has 1 saturated carbocycles. The summed E-state index contributed by atoms with van der Waals surface area (Å²) in [5.41, 5.74) is 4.23. The number of para-hydroxylation sites is 2. The highest BCUT2D eigenvalue weighted by atomic mass is 35.5. The molecule has 2 aliphatic rings. The molecule has 1 amide bonds. The van der Waals surface area contributed by atoms with Gasteiger partial charge >= 0.3 is 0 Å². The van der Waals surface area contributed by atoms with Crippen LogP contribution in [0.5, 0.6) is 5.75 Å². The zero-order valence-electron chi connectivity index (χ0n) is 19.8. The van der Waals surface area contributed by atoms with Crippen molar-refractivity contribution in [2.75, 3.05) is 12.0 Å². The Morgan fingerprint density at radius 1 is 1.00 bits per heavy atom. The average Bonchev–Trinajstić information content (AvgIpc) is 3.03. The van der Waals surface area contributed by atoms with Gasteiger partial charge in [0.1, 0.15) is 11.5 Å². The number of rotatable bonds is 4. The number of hydrogen-bond donors (Lipinski definition) is 0. The van der Waals surface area contributed by atoms with Crippen LogP contribution in [0.2, 0.25) is 5.02 Å². The summed E-state index contributed by atoms with van der Waals surface area (Å²) in [7, 11) is 1.62. The Morgan fingerprint density at radius 2 is 1.69 bits per heavy atom. The van der Waals surface area contributed by atoms with E-state index in [0.29, 0.717) is 24.3 Å². The van der Waals surface area contributed by atoms with Crippen LogP contribution in [-0.2, 0) is 9.59 Å². The fraction of sp³-hybridized carbons (Fsp3) is 0.276. The van der Waals surface area contributed by atoms with Gasteiger partial charge in [0, 0.05) is 23.6 Å². The van der Waals surface area contributed by atoms with Crippen molar-refractivity contribution < 1.29 is 14.3 Å². The molecule has 3 aromatic rings. The summed E-state index contributed by atoms with van der Waals surface area (Å²) in [5, 5.41) is 0.669. The lowest BCUT2D eigenvalue weighted by molar-refractivity contribution is -0.123. The Balaban J connectivity index is 1.66. The maximum Gasteiger partial charge on any atom is 0.227 e. The first kappa shape index (κ1) is 23.3. The molecular formula is C29H27ClN2O3. The lowest BCUT2D eigenvalue weighted by atomic mass is 9.72. The molecule has 0 spiro atoms. The molecule has 6 heteroatoms. The quantitative estimate of drug-likeness (QED) is 0.413. The van der Waals surface area contributed by atoms with Crippen molar-refractivity contribution in [3.63, 3.8) is 0 Å². The van der Waals surface area contributed by atoms with Crippen LogP contribution < -0.4 is 9.64 Å². The molecular weight excluding hydrogens is 460 g/mol. The predicted octanol–water partition coefficient (Wildman–Crippen LogP) is 6.68. The van der Waals surface area contributed by atoms with Crippen LogP contribution in [-0.4, -0.2) is 24.5 Å². The maximum absolute atomic E-state index is 13.9. The van der Waals surface area contributed by atoms with Gasteiger partial charge in [-0.2, -0.15) is 0 Å². The number of carbonyl (C=O) groups excluding carboxylic acids is 2. The van der Waals surface area contributed by atoms with E-state index in [4.69, 9.17) is 21.3 Å². The molecule has 3 atom stereocenters. The van der Waals surface area contributed by atoms with Crippen molar-refractivity contribution in [1.29, 1.82) is 0 Å². The predicted molar refractivity (Wildman–Crippen MR) is 139 cm³/mol. The third-order valence-corrected chi connectivity index (χ3v) is 7.23. The molecule has 1 heterocycles. The van der Waals surface area contributed by atoms with Crippen LogP contribution >= 0.6 is 11.6 Å². The minimum absolute atomic E-state index is 0.0203. The summed E-state index contributed by atoms with van der Waals surface area (Å²) in [4.78, 5) is 34.1. The van der Waals surface area contributed by atoms with E-state index in [1.165, 1.54) is 0 Å². The Morgan fingerprint density at radius 3 is 2.37 bits per heavy atom. The molecule has 5 nitrogen and oxygen atoms in total. The number of anilines is 1. The molecule has 5 rings (SSSR count). The summed E-state index contributed by atoms with van der Waals surface area (Å²) in [6, 6.07) is 22.5. The van der Waals surface area contributed by atoms with E-state index < -0.39 is 12.0 Å². The first-order valence-electron chi connectivity index (χ1n) is 11.9. The van der Waals surface area contributed by atoms with Crippen molar-refractivity contribution in [3.8, 4) is 5.75 Å². The highest BCUT2D eigenvalue weighted by Crippen LogP contribution is 2.47. The molecule has 1 fully saturated rings. The summed E-state index contributed by atoms with van der Waals surface area (Å²) >= 11 is 6.10. The maximum atomic E-state index is 13.9. The van der Waals surface area contributed by atoms with Crippen LogP contribution in [0.15, 0.2) is 77.8 Å². The molecule has 0 aromatic heterocycles. The molecule has 1 aliphatic heterocycles. The summed E-state index contributed by atoms with van der Waals surface area (Å²) in [6.45, 7) is 1.85. The molecule has 3 unspecified atom stereocenters. The lowest BCUT2D eigenvalue weighted by Gasteiger charge is -2.39. The van der Waals surface area contributed by atoms with E-state index in [0.717, 1.165) is 34.0 Å². The van der Waals surface area contributed by atoms with Crippen molar-refractivity contribution in [1.82, 2.24) is 0 Å². The van der Waals surface area contributed by atoms with Crippen LogP contribution in [0.25, 0.3) is 0 Å². The van der Waals surface area contributed by atoms with E-state index in [2.05, 4.69) is 0 Å². The minimum atomic E-state index is -0.519. The number of carbonyl (C=O) groups is 2. The zero-order valence-corrected chi connectivity index (χ0v) is 20.5. The normalized spacial score (nSPS) is 21.5. The standard InChI is InChI=1S/C29H27ClN2O3/c1-3-27(34)32-25-7-5-4-6-23(25)31-24-16-20(18-8-12-21(30)13-9-18)17-26(33)28(24)29(32)19-10-14-22(35-2)15-11-19/h4-15,20,28-29H,3,16-17H2,1-2H3. The van der Waals surface area contributed by atoms with Gasteiger partial charge in [-0.25, -0.2) is 0 Å². The molecule has 0 bridgehead atoms. The smallest absolute Gasteiger partial charge is 0.227 e. The highest BCUT2D eigenvalue weighted by Gasteiger charge is 2.45. The van der Waals surface area contributed by atoms with E-state index in [1.807, 2.05) is 79.7 Å². The SMILES string of the molecule is CCC(=O)N1c2ccccc2N=C2CC(c3ccc(Cl)cc3)CC(=O)C2C1c1ccc(OC)cc1. The van der Waals surface area contributed by atoms with Gasteiger partial charge in [-0.1, -0.05) is 54.9 Å². The number of aliphatic imine (C=N–C) groups is 1. The number of fused-ring (bicyclic) bond motifs is 2. The Labute approximate surface area is 210 Å². The van der Waals surface area contributed by atoms with Gasteiger partial charge in [-0.15, -0.1) is 0 Å². The lowest BCUT2D eigenvalue weighted by Crippen LogP contribution is -2.45. The van der Waals surface area contributed by atoms with Gasteiger partial charge in [-0.05, 0) is 59.9 Å². The summed E-state index contributed by atoms with van der Waals surface area (Å²) in [5.74, 6) is 0.282. The number of ether oxygens (including phenoxy) is 1. The minimum Gasteiger partial charge on any atom is -0.497 e. The number of Topliss-reactive ketones (excluding diaryl/α,β-unsaturated/α-hetero) is 1. The number of nitrogens with zero attached hydrogens (tertiary/aromatic N) is 2. The van der Waals surface area contributed by atoms with Crippen molar-refractivity contribution >= 4 is 40.4 Å². The largest absolute Gasteiger partial charge is 0.497 e. The van der Waals surface area contributed by atoms with Gasteiger partial charge in [-0.3, -0.25) is 14.6 Å². The monoisotopic (exact) mass is 486 g/mol. The number of ketones is 1. The van der Waals surface area contributed by atoms with Crippen LogP contribution in [0.3, 0.4) is 0 Å². The summed E-state index contributed by atoms with van der Waals surface area (Å²) < 4.78 is 5.35. The van der Waals surface area contributed by atoms with Gasteiger partial charge < -0.3 is 9.64 Å². The number of hydrogen-bond acceptors (Lipinski definition) is 4. The molecule has 178 valence electrons. The van der Waals surface area contributed by atoms with Crippen molar-refractivity contribution in [2.24, 2.45) is 10.9 Å². The average molecular weight is 487 g/mol. The first-order valence-corrected chi connectivity index (χ1v) is 12.3. The van der Waals surface area contributed by atoms with Crippen LogP contribution in [0.1, 0.15) is 49.3 Å². The Bertz CT molecular complexity index is 1280. The summed E-state index contributed by atoms with van der Waals surface area (Å²) in [6.07, 6.45) is 1.36. The van der Waals surface area contributed by atoms with Crippen LogP contribution in [0.4, 0.5) is 11.4 Å². The number of benzene rings is 3. The topological polar surface area (TPSA) is 59.0 Å². The van der Waals surface area contributed by atoms with Gasteiger partial charge in [0.25, 0.3) is 0 Å². The first-order chi connectivity index (χ1) is 17.0.